The molecule has 0 radical (unpaired) electrons. The Morgan fingerprint density at radius 3 is 0.979 bits per heavy atom. The van der Waals surface area contributed by atoms with Crippen LogP contribution in [0.3, 0.4) is 0 Å². The summed E-state index contributed by atoms with van der Waals surface area (Å²) in [6.45, 7) is -0.810. The van der Waals surface area contributed by atoms with Gasteiger partial charge < -0.3 is 4.74 Å². The van der Waals surface area contributed by atoms with Crippen LogP contribution in [0, 0.1) is 0 Å². The van der Waals surface area contributed by atoms with Crippen LogP contribution >= 0.6 is 0 Å². The molecule has 48 heavy (non-hydrogen) atoms. The minimum Gasteiger partial charge on any atom is -0.323 e. The molecule has 32 heteroatoms. The van der Waals surface area contributed by atoms with Crippen molar-refractivity contribution in [1.82, 2.24) is 0 Å². The molecule has 0 N–H and O–H groups in total. The Hall–Kier alpha value is -1.99. The number of hydrogen-bond acceptors (Lipinski definition) is 5. The summed E-state index contributed by atoms with van der Waals surface area (Å²) in [4.78, 5) is 0. The molecule has 5 nitrogen and oxygen atoms in total. The van der Waals surface area contributed by atoms with Crippen molar-refractivity contribution in [2.45, 2.75) is 97.5 Å². The van der Waals surface area contributed by atoms with Gasteiger partial charge in [0, 0.05) is 0 Å². The van der Waals surface area contributed by atoms with E-state index in [9.17, 15) is 123 Å². The highest BCUT2D eigenvalue weighted by molar-refractivity contribution is 7.87. The second kappa shape index (κ2) is 12.1. The third-order valence-electron chi connectivity index (χ3n) is 5.08. The van der Waals surface area contributed by atoms with E-state index in [1.165, 1.54) is 0 Å². The van der Waals surface area contributed by atoms with Crippen molar-refractivity contribution in [3.05, 3.63) is 0 Å². The molecule has 0 aromatic carbocycles. The van der Waals surface area contributed by atoms with Crippen molar-refractivity contribution < 1.29 is 136 Å². The number of ether oxygens (including phenoxy) is 2. The van der Waals surface area contributed by atoms with Crippen LogP contribution in [0.5, 0.6) is 0 Å². The zero-order valence-corrected chi connectivity index (χ0v) is 22.2. The molecule has 0 aromatic heterocycles. The average Bonchev–Trinajstić information content (AvgIpc) is 2.80. The summed E-state index contributed by atoms with van der Waals surface area (Å²) in [5.74, 6) is -69.3. The molecule has 0 saturated heterocycles. The van der Waals surface area contributed by atoms with Crippen molar-refractivity contribution >= 4 is 10.1 Å². The van der Waals surface area contributed by atoms with E-state index in [-0.39, 0.29) is 6.92 Å². The highest BCUT2D eigenvalue weighted by Gasteiger charge is 2.96. The van der Waals surface area contributed by atoms with Crippen LogP contribution in [0.4, 0.5) is 114 Å². The van der Waals surface area contributed by atoms with Crippen LogP contribution in [-0.2, 0) is 23.8 Å². The van der Waals surface area contributed by atoms with Gasteiger partial charge in [-0.3, -0.25) is 4.74 Å². The summed E-state index contributed by atoms with van der Waals surface area (Å²) < 4.78 is 372. The summed E-state index contributed by atoms with van der Waals surface area (Å²) in [7, 11) is -8.40. The van der Waals surface area contributed by atoms with Crippen LogP contribution in [0.15, 0.2) is 0 Å². The Labute approximate surface area is 245 Å². The lowest BCUT2D eigenvalue weighted by Crippen LogP contribution is -2.75. The molecule has 0 aliphatic carbocycles. The summed E-state index contributed by atoms with van der Waals surface area (Å²) in [6.07, 6.45) is -30.1. The number of hydrogen-bond donors (Lipinski definition) is 0. The Kier molecular flexibility index (Phi) is 11.6. The van der Waals surface area contributed by atoms with E-state index in [0.717, 1.165) is 0 Å². The van der Waals surface area contributed by atoms with Gasteiger partial charge in [-0.1, -0.05) is 0 Å². The summed E-state index contributed by atoms with van der Waals surface area (Å²) >= 11 is 0. The largest absolute Gasteiger partial charge is 0.460 e. The summed E-state index contributed by atoms with van der Waals surface area (Å²) in [6, 6.07) is 0. The van der Waals surface area contributed by atoms with Gasteiger partial charge in [-0.05, 0) is 13.8 Å². The van der Waals surface area contributed by atoms with Gasteiger partial charge in [-0.15, -0.1) is 0 Å². The Morgan fingerprint density at radius 1 is 0.396 bits per heavy atom. The first-order valence-corrected chi connectivity index (χ1v) is 11.8. The van der Waals surface area contributed by atoms with E-state index in [2.05, 4.69) is 13.7 Å². The molecule has 0 spiro atoms. The predicted molar refractivity (Wildman–Crippen MR) is 92.7 cm³/mol. The fourth-order valence-corrected chi connectivity index (χ4v) is 3.47. The van der Waals surface area contributed by atoms with Gasteiger partial charge in [0.2, 0.25) is 0 Å². The van der Waals surface area contributed by atoms with Gasteiger partial charge in [-0.25, -0.2) is 4.18 Å². The summed E-state index contributed by atoms with van der Waals surface area (Å²) in [5.41, 5.74) is 0. The average molecular weight is 806 g/mol. The van der Waals surface area contributed by atoms with Crippen molar-refractivity contribution in [2.24, 2.45) is 0 Å². The van der Waals surface area contributed by atoms with Crippen LogP contribution in [0.2, 0.25) is 0 Å². The van der Waals surface area contributed by atoms with Crippen LogP contribution < -0.4 is 0 Å². The third kappa shape index (κ3) is 6.61. The molecular formula is C16H8F26O5S. The van der Waals surface area contributed by atoms with E-state index in [1.807, 2.05) is 0 Å². The van der Waals surface area contributed by atoms with Crippen molar-refractivity contribution in [1.29, 1.82) is 0 Å². The van der Waals surface area contributed by atoms with Gasteiger partial charge in [-0.2, -0.15) is 123 Å². The summed E-state index contributed by atoms with van der Waals surface area (Å²) in [5, 5.41) is -8.31. The monoisotopic (exact) mass is 806 g/mol. The second-order valence-electron chi connectivity index (χ2n) is 8.56. The molecule has 2 unspecified atom stereocenters. The van der Waals surface area contributed by atoms with Gasteiger partial charge in [0.15, 0.2) is 12.6 Å². The lowest BCUT2D eigenvalue weighted by Gasteiger charge is -2.42. The fraction of sp³-hybridized carbons (Fsp3) is 1.00. The maximum Gasteiger partial charge on any atom is 0.460 e. The molecule has 0 fully saturated rings. The topological polar surface area (TPSA) is 61.8 Å². The van der Waals surface area contributed by atoms with Crippen molar-refractivity contribution in [3.63, 3.8) is 0 Å². The minimum atomic E-state index is -9.24. The number of alkyl halides is 26. The molecular weight excluding hydrogens is 798 g/mol. The quantitative estimate of drug-likeness (QED) is 0.0946. The number of halogens is 26. The molecule has 0 saturated carbocycles. The molecule has 0 amide bonds. The highest BCUT2D eigenvalue weighted by Crippen LogP contribution is 2.64. The SMILES string of the molecule is CC(OC(C)OS(=O)(=O)C(F)(F)C(F)(F)C(F)(F)C(F)(F)C(F)(F)C(F)(F)C(F)(F)C(F)(F)F)OC(F)(F)C(F)(F)C(F)(F)C(F)(F)F. The lowest BCUT2D eigenvalue weighted by molar-refractivity contribution is -0.463. The molecule has 0 heterocycles. The van der Waals surface area contributed by atoms with E-state index in [1.54, 1.807) is 0 Å². The molecule has 0 aliphatic heterocycles. The van der Waals surface area contributed by atoms with E-state index < -0.39 is 101 Å². The Morgan fingerprint density at radius 2 is 0.667 bits per heavy atom. The molecule has 0 aromatic rings. The van der Waals surface area contributed by atoms with E-state index >= 15 is 0 Å². The maximum absolute atomic E-state index is 13.9. The first kappa shape index (κ1) is 46.0. The van der Waals surface area contributed by atoms with Crippen LogP contribution in [0.1, 0.15) is 13.8 Å². The third-order valence-corrected chi connectivity index (χ3v) is 6.49. The minimum absolute atomic E-state index is 0.372. The van der Waals surface area contributed by atoms with E-state index in [4.69, 9.17) is 0 Å². The molecule has 0 aliphatic rings. The lowest BCUT2D eigenvalue weighted by atomic mass is 9.91. The van der Waals surface area contributed by atoms with Crippen molar-refractivity contribution in [3.8, 4) is 0 Å². The predicted octanol–water partition coefficient (Wildman–Crippen LogP) is 8.45. The first-order chi connectivity index (χ1) is 20.2. The molecule has 0 rings (SSSR count). The van der Waals surface area contributed by atoms with E-state index in [0.29, 0.717) is 0 Å². The van der Waals surface area contributed by atoms with Gasteiger partial charge in [0.25, 0.3) is 0 Å². The number of rotatable bonds is 15. The van der Waals surface area contributed by atoms with Gasteiger partial charge in [0.1, 0.15) is 0 Å². The van der Waals surface area contributed by atoms with Crippen molar-refractivity contribution in [2.75, 3.05) is 0 Å². The second-order valence-corrected chi connectivity index (χ2v) is 10.2. The molecule has 2 atom stereocenters. The molecule has 0 bridgehead atoms. The van der Waals surface area contributed by atoms with Crippen LogP contribution in [0.25, 0.3) is 0 Å². The van der Waals surface area contributed by atoms with Crippen LogP contribution in [-0.4, -0.2) is 92.1 Å². The standard InChI is InChI=1S/C16H8F26O5S/c1-3(46-15(39,40)11(29,30)10(27,28)14(36,37)38)45-4(2)47-48(43,44)16(41,42)12(31,32)8(23,24)6(19,20)5(17,18)7(21,22)9(25,26)13(33,34)35/h3-4H,1-2H3. The normalized spacial score (nSPS) is 17.8. The Balaban J connectivity index is 6.52. The first-order valence-electron chi connectivity index (χ1n) is 10.4. The Bertz CT molecular complexity index is 1250. The zero-order chi connectivity index (χ0) is 39.8. The zero-order valence-electron chi connectivity index (χ0n) is 21.4. The van der Waals surface area contributed by atoms with Gasteiger partial charge in [0.05, 0.1) is 0 Å². The fourth-order valence-electron chi connectivity index (χ4n) is 2.51. The smallest absolute Gasteiger partial charge is 0.323 e. The van der Waals surface area contributed by atoms with Gasteiger partial charge >= 0.3 is 81.2 Å². The highest BCUT2D eigenvalue weighted by atomic mass is 32.2. The molecule has 290 valence electrons. The maximum atomic E-state index is 13.9.